The molecular weight excluding hydrogens is 662 g/mol. The summed E-state index contributed by atoms with van der Waals surface area (Å²) >= 11 is 0. The molecule has 0 aromatic carbocycles. The van der Waals surface area contributed by atoms with Crippen molar-refractivity contribution in [1.29, 1.82) is 5.26 Å². The number of amides is 3. The maximum Gasteiger partial charge on any atom is 0.408 e. The number of anilines is 1. The van der Waals surface area contributed by atoms with Gasteiger partial charge in [-0.05, 0) is 84.8 Å². The van der Waals surface area contributed by atoms with Crippen LogP contribution in [0.1, 0.15) is 82.6 Å². The second-order valence-corrected chi connectivity index (χ2v) is 15.7. The average molecular weight is 714 g/mol. The Kier molecular flexibility index (Phi) is 11.0. The van der Waals surface area contributed by atoms with E-state index < -0.39 is 5.60 Å². The molecule has 278 valence electrons. The van der Waals surface area contributed by atoms with Gasteiger partial charge in [-0.25, -0.2) is 14.8 Å². The van der Waals surface area contributed by atoms with Crippen LogP contribution in [0.5, 0.6) is 0 Å². The first-order valence-electron chi connectivity index (χ1n) is 18.4. The highest BCUT2D eigenvalue weighted by Gasteiger charge is 2.61. The zero-order valence-electron chi connectivity index (χ0n) is 30.8. The maximum absolute atomic E-state index is 13.5. The van der Waals surface area contributed by atoms with Crippen LogP contribution < -0.4 is 21.3 Å². The van der Waals surface area contributed by atoms with Gasteiger partial charge in [0.15, 0.2) is 0 Å². The van der Waals surface area contributed by atoms with Crippen molar-refractivity contribution in [3.63, 3.8) is 0 Å². The van der Waals surface area contributed by atoms with E-state index in [9.17, 15) is 19.6 Å². The Morgan fingerprint density at radius 1 is 1.10 bits per heavy atom. The van der Waals surface area contributed by atoms with Crippen molar-refractivity contribution in [2.45, 2.75) is 89.9 Å². The summed E-state index contributed by atoms with van der Waals surface area (Å²) in [6, 6.07) is 7.67. The van der Waals surface area contributed by atoms with Gasteiger partial charge >= 0.3 is 6.09 Å². The smallest absolute Gasteiger partial charge is 0.408 e. The quantitative estimate of drug-likeness (QED) is 0.189. The van der Waals surface area contributed by atoms with E-state index >= 15 is 0 Å². The molecule has 4 heterocycles. The minimum atomic E-state index is -0.515. The third kappa shape index (κ3) is 9.00. The molecule has 2 aliphatic carbocycles. The highest BCUT2D eigenvalue weighted by atomic mass is 16.6. The van der Waals surface area contributed by atoms with Gasteiger partial charge in [-0.15, -0.1) is 0 Å². The fourth-order valence-corrected chi connectivity index (χ4v) is 7.37. The molecule has 0 spiro atoms. The molecule has 1 saturated heterocycles. The highest BCUT2D eigenvalue weighted by Crippen LogP contribution is 2.49. The topological polar surface area (TPSA) is 176 Å². The van der Waals surface area contributed by atoms with Crippen LogP contribution >= 0.6 is 0 Å². The number of aromatic nitrogens is 3. The van der Waals surface area contributed by atoms with Crippen LogP contribution in [0.3, 0.4) is 0 Å². The minimum Gasteiger partial charge on any atom is -0.444 e. The van der Waals surface area contributed by atoms with Crippen molar-refractivity contribution in [2.75, 3.05) is 44.7 Å². The first-order valence-corrected chi connectivity index (χ1v) is 18.4. The number of fused-ring (bicyclic) bond motifs is 2. The Morgan fingerprint density at radius 2 is 1.88 bits per heavy atom. The van der Waals surface area contributed by atoms with E-state index in [4.69, 9.17) is 9.47 Å². The molecule has 3 aromatic rings. The van der Waals surface area contributed by atoms with E-state index in [1.54, 1.807) is 12.3 Å². The molecule has 3 amide bonds. The summed E-state index contributed by atoms with van der Waals surface area (Å²) in [5.74, 6) is 0.798. The first-order chi connectivity index (χ1) is 24.8. The van der Waals surface area contributed by atoms with E-state index in [2.05, 4.69) is 42.2 Å². The lowest BCUT2D eigenvalue weighted by molar-refractivity contribution is -0.126. The van der Waals surface area contributed by atoms with Crippen LogP contribution in [0, 0.1) is 23.2 Å². The monoisotopic (exact) mass is 713 g/mol. The molecule has 2 atom stereocenters. The van der Waals surface area contributed by atoms with E-state index in [1.807, 2.05) is 57.5 Å². The van der Waals surface area contributed by atoms with Crippen molar-refractivity contribution < 1.29 is 23.9 Å². The molecule has 2 saturated carbocycles. The zero-order chi connectivity index (χ0) is 37.0. The van der Waals surface area contributed by atoms with Gasteiger partial charge in [0.1, 0.15) is 23.1 Å². The Bertz CT molecular complexity index is 1820. The van der Waals surface area contributed by atoms with E-state index in [0.717, 1.165) is 31.4 Å². The van der Waals surface area contributed by atoms with Crippen LogP contribution in [0.25, 0.3) is 16.9 Å². The lowest BCUT2D eigenvalue weighted by Crippen LogP contribution is -2.45. The summed E-state index contributed by atoms with van der Waals surface area (Å²) in [6.45, 7) is 13.6. The number of carbonyl (C=O) groups is 3. The molecule has 6 rings (SSSR count). The van der Waals surface area contributed by atoms with Gasteiger partial charge in [0.05, 0.1) is 35.6 Å². The second-order valence-electron chi connectivity index (χ2n) is 15.7. The molecule has 4 N–H and O–H groups in total. The zero-order valence-corrected chi connectivity index (χ0v) is 30.8. The van der Waals surface area contributed by atoms with Crippen molar-refractivity contribution in [3.05, 3.63) is 47.9 Å². The number of ether oxygens (including phenoxy) is 2. The highest BCUT2D eigenvalue weighted by molar-refractivity contribution is 6.00. The standard InChI is InChI=1S/C38H51N9O5/c1-24(2)43-31-17-32(47-12-10-27-16-25(19-39)20-42-33(27)47)41-21-30(31)35(49)44-29-8-6-26(7-9-29)34(48)40-11-14-51-15-13-46-22-28-18-38(28,23-46)45-36(50)52-37(3,4)5/h10,12,16-17,20-21,24,26,28-29H,6-9,11,13-15,18,22-23H2,1-5H3,(H,40,48)(H,41,43)(H,44,49)(H,45,50)/t26?,28-,29?,38-/m1/s1. The fraction of sp³-hybridized carbons (Fsp3) is 0.579. The van der Waals surface area contributed by atoms with Crippen molar-refractivity contribution in [2.24, 2.45) is 11.8 Å². The molecule has 0 bridgehead atoms. The Labute approximate surface area is 305 Å². The fourth-order valence-electron chi connectivity index (χ4n) is 7.37. The van der Waals surface area contributed by atoms with Gasteiger partial charge in [-0.1, -0.05) is 0 Å². The molecule has 14 heteroatoms. The number of rotatable bonds is 13. The SMILES string of the molecule is CC(C)Nc1cc(-n2ccc3cc(C#N)cnc32)ncc1C(=O)NC1CCC(C(=O)NCCOCCN2C[C@H]3C[C@@]3(NC(=O)OC(C)(C)C)C2)CC1. The van der Waals surface area contributed by atoms with Crippen molar-refractivity contribution >= 4 is 34.6 Å². The molecule has 14 nitrogen and oxygen atoms in total. The van der Waals surface area contributed by atoms with Gasteiger partial charge in [-0.3, -0.25) is 19.1 Å². The minimum absolute atomic E-state index is 0.0299. The molecule has 3 aromatic heterocycles. The second kappa shape index (κ2) is 15.5. The van der Waals surface area contributed by atoms with E-state index in [1.165, 1.54) is 6.20 Å². The number of hydrogen-bond acceptors (Lipinski definition) is 10. The van der Waals surface area contributed by atoms with E-state index in [-0.39, 0.29) is 41.4 Å². The number of alkyl carbamates (subject to hydrolysis) is 1. The van der Waals surface area contributed by atoms with Crippen LogP contribution in [-0.4, -0.2) is 100.0 Å². The van der Waals surface area contributed by atoms with Gasteiger partial charge < -0.3 is 30.7 Å². The summed E-state index contributed by atoms with van der Waals surface area (Å²) in [5, 5.41) is 22.7. The lowest BCUT2D eigenvalue weighted by atomic mass is 9.85. The van der Waals surface area contributed by atoms with Gasteiger partial charge in [0.2, 0.25) is 5.91 Å². The summed E-state index contributed by atoms with van der Waals surface area (Å²) in [5.41, 5.74) is 1.59. The summed E-state index contributed by atoms with van der Waals surface area (Å²) in [7, 11) is 0. The number of pyridine rings is 2. The predicted octanol–water partition coefficient (Wildman–Crippen LogP) is 4.13. The molecule has 3 aliphatic rings. The molecule has 1 aliphatic heterocycles. The molecule has 3 fully saturated rings. The third-order valence-corrected chi connectivity index (χ3v) is 9.98. The third-order valence-electron chi connectivity index (χ3n) is 9.98. The normalized spacial score (nSPS) is 22.8. The Morgan fingerprint density at radius 3 is 2.62 bits per heavy atom. The van der Waals surface area contributed by atoms with Gasteiger partial charge in [-0.2, -0.15) is 5.26 Å². The number of nitrogens with zero attached hydrogens (tertiary/aromatic N) is 5. The summed E-state index contributed by atoms with van der Waals surface area (Å²) in [4.78, 5) is 50.0. The average Bonchev–Trinajstić information content (AvgIpc) is 3.39. The summed E-state index contributed by atoms with van der Waals surface area (Å²) < 4.78 is 13.1. The number of nitrogens with one attached hydrogen (secondary N) is 4. The molecule has 52 heavy (non-hydrogen) atoms. The van der Waals surface area contributed by atoms with Gasteiger partial charge in [0.25, 0.3) is 5.91 Å². The number of hydrogen-bond donors (Lipinski definition) is 4. The predicted molar refractivity (Wildman–Crippen MR) is 196 cm³/mol. The number of piperidine rings is 1. The Balaban J connectivity index is 0.903. The number of nitriles is 1. The van der Waals surface area contributed by atoms with Crippen LogP contribution in [0.4, 0.5) is 10.5 Å². The molecular formula is C38H51N9O5. The summed E-state index contributed by atoms with van der Waals surface area (Å²) in [6.07, 6.45) is 8.43. The number of carbonyl (C=O) groups excluding carboxylic acids is 3. The first kappa shape index (κ1) is 37.0. The molecule has 0 radical (unpaired) electrons. The maximum atomic E-state index is 13.5. The van der Waals surface area contributed by atoms with Crippen LogP contribution in [0.15, 0.2) is 36.8 Å². The molecule has 0 unspecified atom stereocenters. The van der Waals surface area contributed by atoms with Crippen molar-refractivity contribution in [1.82, 2.24) is 35.4 Å². The van der Waals surface area contributed by atoms with Crippen LogP contribution in [0.2, 0.25) is 0 Å². The van der Waals surface area contributed by atoms with Crippen molar-refractivity contribution in [3.8, 4) is 11.9 Å². The number of likely N-dealkylation sites (tertiary alicyclic amines) is 1. The van der Waals surface area contributed by atoms with Crippen LogP contribution in [-0.2, 0) is 14.3 Å². The van der Waals surface area contributed by atoms with E-state index in [0.29, 0.717) is 79.6 Å². The Hall–Kier alpha value is -4.74. The lowest BCUT2D eigenvalue weighted by Gasteiger charge is -2.28. The van der Waals surface area contributed by atoms with Gasteiger partial charge in [0, 0.05) is 74.2 Å². The largest absolute Gasteiger partial charge is 0.444 e.